The van der Waals surface area contributed by atoms with E-state index in [0.717, 1.165) is 6.42 Å². The first kappa shape index (κ1) is 20.7. The molecule has 1 aliphatic rings. The summed E-state index contributed by atoms with van der Waals surface area (Å²) in [6, 6.07) is 11.6. The van der Waals surface area contributed by atoms with E-state index in [1.165, 1.54) is 6.07 Å². The zero-order chi connectivity index (χ0) is 18.0. The van der Waals surface area contributed by atoms with Crippen molar-refractivity contribution < 1.29 is 9.59 Å². The van der Waals surface area contributed by atoms with Crippen molar-refractivity contribution in [1.29, 1.82) is 0 Å². The van der Waals surface area contributed by atoms with Crippen LogP contribution in [0.1, 0.15) is 32.7 Å². The molecule has 2 aromatic rings. The van der Waals surface area contributed by atoms with E-state index in [4.69, 9.17) is 28.9 Å². The lowest BCUT2D eigenvalue weighted by molar-refractivity contribution is 0.0783. The topological polar surface area (TPSA) is 63.4 Å². The van der Waals surface area contributed by atoms with Gasteiger partial charge < -0.3 is 10.6 Å². The molecule has 0 radical (unpaired) electrons. The van der Waals surface area contributed by atoms with Gasteiger partial charge in [-0.1, -0.05) is 41.4 Å². The van der Waals surface area contributed by atoms with Crippen LogP contribution in [0.5, 0.6) is 0 Å². The first-order valence-corrected chi connectivity index (χ1v) is 8.85. The fraction of sp³-hybridized carbons (Fsp3) is 0.263. The van der Waals surface area contributed by atoms with E-state index in [9.17, 15) is 9.59 Å². The molecule has 1 unspecified atom stereocenters. The first-order chi connectivity index (χ1) is 12.0. The van der Waals surface area contributed by atoms with Gasteiger partial charge in [-0.25, -0.2) is 0 Å². The third kappa shape index (κ3) is 4.21. The van der Waals surface area contributed by atoms with Gasteiger partial charge in [0.25, 0.3) is 5.91 Å². The molecule has 2 N–H and O–H groups in total. The van der Waals surface area contributed by atoms with Gasteiger partial charge in [0.15, 0.2) is 5.78 Å². The molecule has 1 heterocycles. The average molecular weight is 414 g/mol. The van der Waals surface area contributed by atoms with Crippen LogP contribution >= 0.6 is 35.6 Å². The van der Waals surface area contributed by atoms with Crippen molar-refractivity contribution >= 4 is 47.3 Å². The Kier molecular flexibility index (Phi) is 7.07. The molecule has 3 rings (SSSR count). The highest BCUT2D eigenvalue weighted by Crippen LogP contribution is 2.26. The van der Waals surface area contributed by atoms with Gasteiger partial charge in [-0.3, -0.25) is 9.59 Å². The molecule has 1 amide bonds. The highest BCUT2D eigenvalue weighted by Gasteiger charge is 2.28. The molecule has 1 saturated heterocycles. The Hall–Kier alpha value is -1.59. The van der Waals surface area contributed by atoms with Crippen LogP contribution in [0.25, 0.3) is 0 Å². The normalized spacial score (nSPS) is 16.3. The quantitative estimate of drug-likeness (QED) is 0.769. The lowest BCUT2D eigenvalue weighted by Crippen LogP contribution is -2.31. The number of amides is 1. The van der Waals surface area contributed by atoms with Gasteiger partial charge in [-0.2, -0.15) is 0 Å². The van der Waals surface area contributed by atoms with Gasteiger partial charge in [0, 0.05) is 24.2 Å². The lowest BCUT2D eigenvalue weighted by atomic mass is 9.97. The number of rotatable bonds is 4. The molecule has 1 aliphatic heterocycles. The molecule has 4 nitrogen and oxygen atoms in total. The monoisotopic (exact) mass is 412 g/mol. The number of carbonyl (C=O) groups excluding carboxylic acids is 2. The number of halogens is 3. The summed E-state index contributed by atoms with van der Waals surface area (Å²) in [6.07, 6.45) is 0.894. The number of benzene rings is 2. The largest absolute Gasteiger partial charge is 0.338 e. The Morgan fingerprint density at radius 1 is 1.08 bits per heavy atom. The number of likely N-dealkylation sites (tertiary alicyclic amines) is 1. The fourth-order valence-electron chi connectivity index (χ4n) is 3.04. The standard InChI is InChI=1S/C19H18Cl2N2O2.ClH/c20-16-6-5-13(9-17(16)21)18(24)14-3-1-2-4-15(14)19(25)23-8-7-12(10-22)11-23;/h1-6,9,12H,7-8,10-11,22H2;1H. The predicted octanol–water partition coefficient (Wildman–Crippen LogP) is 4.07. The van der Waals surface area contributed by atoms with Gasteiger partial charge >= 0.3 is 0 Å². The number of hydrogen-bond acceptors (Lipinski definition) is 3. The summed E-state index contributed by atoms with van der Waals surface area (Å²) in [6.45, 7) is 1.86. The number of carbonyl (C=O) groups is 2. The number of nitrogens with two attached hydrogens (primary N) is 1. The van der Waals surface area contributed by atoms with Crippen molar-refractivity contribution in [2.75, 3.05) is 19.6 Å². The molecule has 1 fully saturated rings. The average Bonchev–Trinajstić information content (AvgIpc) is 3.12. The second-order valence-electron chi connectivity index (χ2n) is 6.15. The van der Waals surface area contributed by atoms with E-state index in [-0.39, 0.29) is 24.1 Å². The molecule has 26 heavy (non-hydrogen) atoms. The van der Waals surface area contributed by atoms with Crippen molar-refractivity contribution in [1.82, 2.24) is 4.90 Å². The summed E-state index contributed by atoms with van der Waals surface area (Å²) in [5, 5.41) is 0.689. The SMILES string of the molecule is Cl.NCC1CCN(C(=O)c2ccccc2C(=O)c2ccc(Cl)c(Cl)c2)C1. The second kappa shape index (κ2) is 8.87. The van der Waals surface area contributed by atoms with Crippen LogP contribution in [0.15, 0.2) is 42.5 Å². The summed E-state index contributed by atoms with van der Waals surface area (Å²) >= 11 is 11.9. The lowest BCUT2D eigenvalue weighted by Gasteiger charge is -2.18. The van der Waals surface area contributed by atoms with Crippen molar-refractivity contribution in [3.05, 3.63) is 69.2 Å². The molecule has 0 spiro atoms. The summed E-state index contributed by atoms with van der Waals surface area (Å²) in [7, 11) is 0. The van der Waals surface area contributed by atoms with E-state index in [1.54, 1.807) is 41.3 Å². The van der Waals surface area contributed by atoms with Crippen LogP contribution in [0.3, 0.4) is 0 Å². The molecular weight excluding hydrogens is 395 g/mol. The Morgan fingerprint density at radius 3 is 2.38 bits per heavy atom. The van der Waals surface area contributed by atoms with Crippen molar-refractivity contribution in [3.8, 4) is 0 Å². The molecule has 7 heteroatoms. The van der Waals surface area contributed by atoms with Gasteiger partial charge in [0.2, 0.25) is 0 Å². The molecule has 1 atom stereocenters. The molecule has 0 bridgehead atoms. The van der Waals surface area contributed by atoms with E-state index in [2.05, 4.69) is 0 Å². The van der Waals surface area contributed by atoms with E-state index in [0.29, 0.717) is 52.3 Å². The Balaban J connectivity index is 0.00000243. The first-order valence-electron chi connectivity index (χ1n) is 8.09. The van der Waals surface area contributed by atoms with Crippen molar-refractivity contribution in [3.63, 3.8) is 0 Å². The maximum atomic E-state index is 12.9. The van der Waals surface area contributed by atoms with Crippen molar-refractivity contribution in [2.45, 2.75) is 6.42 Å². The third-order valence-electron chi connectivity index (χ3n) is 4.49. The van der Waals surface area contributed by atoms with E-state index in [1.807, 2.05) is 0 Å². The Morgan fingerprint density at radius 2 is 1.77 bits per heavy atom. The van der Waals surface area contributed by atoms with Gasteiger partial charge in [-0.05, 0) is 43.1 Å². The minimum absolute atomic E-state index is 0. The molecule has 0 aliphatic carbocycles. The van der Waals surface area contributed by atoms with Crippen LogP contribution in [0, 0.1) is 5.92 Å². The summed E-state index contributed by atoms with van der Waals surface area (Å²) in [5.41, 5.74) is 6.86. The summed E-state index contributed by atoms with van der Waals surface area (Å²) in [5.74, 6) is -0.0704. The van der Waals surface area contributed by atoms with Crippen LogP contribution in [0.2, 0.25) is 10.0 Å². The minimum atomic E-state index is -0.253. The van der Waals surface area contributed by atoms with E-state index >= 15 is 0 Å². The van der Waals surface area contributed by atoms with Gasteiger partial charge in [0.1, 0.15) is 0 Å². The number of hydrogen-bond donors (Lipinski definition) is 1. The van der Waals surface area contributed by atoms with Crippen molar-refractivity contribution in [2.24, 2.45) is 11.7 Å². The Bertz CT molecular complexity index is 826. The summed E-state index contributed by atoms with van der Waals surface area (Å²) in [4.78, 5) is 27.5. The second-order valence-corrected chi connectivity index (χ2v) is 6.96. The van der Waals surface area contributed by atoms with Crippen LogP contribution in [-0.4, -0.2) is 36.2 Å². The number of nitrogens with zero attached hydrogens (tertiary/aromatic N) is 1. The highest BCUT2D eigenvalue weighted by atomic mass is 35.5. The zero-order valence-electron chi connectivity index (χ0n) is 14.0. The van der Waals surface area contributed by atoms with E-state index < -0.39 is 0 Å². The highest BCUT2D eigenvalue weighted by molar-refractivity contribution is 6.42. The molecule has 2 aromatic carbocycles. The minimum Gasteiger partial charge on any atom is -0.338 e. The van der Waals surface area contributed by atoms with Gasteiger partial charge in [0.05, 0.1) is 15.6 Å². The molecule has 0 aromatic heterocycles. The van der Waals surface area contributed by atoms with Crippen LogP contribution in [0.4, 0.5) is 0 Å². The third-order valence-corrected chi connectivity index (χ3v) is 5.23. The van der Waals surface area contributed by atoms with Crippen LogP contribution < -0.4 is 5.73 Å². The Labute approximate surface area is 168 Å². The molecule has 138 valence electrons. The maximum absolute atomic E-state index is 12.9. The molecule has 0 saturated carbocycles. The maximum Gasteiger partial charge on any atom is 0.254 e. The fourth-order valence-corrected chi connectivity index (χ4v) is 3.34. The number of ketones is 1. The smallest absolute Gasteiger partial charge is 0.254 e. The van der Waals surface area contributed by atoms with Gasteiger partial charge in [-0.15, -0.1) is 12.4 Å². The summed E-state index contributed by atoms with van der Waals surface area (Å²) < 4.78 is 0. The van der Waals surface area contributed by atoms with Crippen LogP contribution in [-0.2, 0) is 0 Å². The predicted molar refractivity (Wildman–Crippen MR) is 107 cm³/mol. The zero-order valence-corrected chi connectivity index (χ0v) is 16.3. The molecular formula is C19H19Cl3N2O2.